The number of amides is 2. The van der Waals surface area contributed by atoms with E-state index in [-0.39, 0.29) is 30.4 Å². The Kier molecular flexibility index (Phi) is 4.98. The average molecular weight is 349 g/mol. The Morgan fingerprint density at radius 1 is 1.44 bits per heavy atom. The van der Waals surface area contributed by atoms with Crippen LogP contribution < -0.4 is 15.5 Å². The second-order valence-corrected chi connectivity index (χ2v) is 6.32. The third-order valence-corrected chi connectivity index (χ3v) is 4.60. The molecule has 7 nitrogen and oxygen atoms in total. The molecule has 1 aromatic rings. The van der Waals surface area contributed by atoms with Gasteiger partial charge in [0.2, 0.25) is 5.91 Å². The summed E-state index contributed by atoms with van der Waals surface area (Å²) < 4.78 is 19.1. The molecule has 3 rings (SSSR count). The van der Waals surface area contributed by atoms with Gasteiger partial charge in [0.05, 0.1) is 19.3 Å². The van der Waals surface area contributed by atoms with E-state index >= 15 is 0 Å². The van der Waals surface area contributed by atoms with Crippen LogP contribution in [0.25, 0.3) is 0 Å². The van der Waals surface area contributed by atoms with Crippen LogP contribution in [0.4, 0.5) is 4.39 Å². The number of hydrogen-bond acceptors (Lipinski definition) is 5. The Balaban J connectivity index is 1.84. The number of nitrogens with one attached hydrogen (secondary N) is 2. The van der Waals surface area contributed by atoms with Crippen molar-refractivity contribution in [3.05, 3.63) is 29.6 Å². The first kappa shape index (κ1) is 17.3. The van der Waals surface area contributed by atoms with E-state index in [1.165, 1.54) is 25.3 Å². The van der Waals surface area contributed by atoms with Crippen LogP contribution in [0.15, 0.2) is 23.3 Å². The minimum Gasteiger partial charge on any atom is -0.496 e. The van der Waals surface area contributed by atoms with Gasteiger partial charge in [-0.2, -0.15) is 5.10 Å². The van der Waals surface area contributed by atoms with Gasteiger partial charge in [-0.1, -0.05) is 0 Å². The predicted octanol–water partition coefficient (Wildman–Crippen LogP) is 1.03. The molecule has 1 fully saturated rings. The Morgan fingerprint density at radius 2 is 2.20 bits per heavy atom. The number of carbonyl (C=O) groups is 2. The predicted molar refractivity (Wildman–Crippen MR) is 87.4 cm³/mol. The Labute approximate surface area is 144 Å². The van der Waals surface area contributed by atoms with Gasteiger partial charge in [0.15, 0.2) is 0 Å². The molecule has 0 unspecified atom stereocenters. The van der Waals surface area contributed by atoms with Crippen molar-refractivity contribution in [1.29, 1.82) is 0 Å². The molecule has 2 amide bonds. The zero-order chi connectivity index (χ0) is 18.0. The van der Waals surface area contributed by atoms with E-state index in [2.05, 4.69) is 15.8 Å². The van der Waals surface area contributed by atoms with Crippen LogP contribution in [-0.2, 0) is 9.59 Å². The van der Waals surface area contributed by atoms with Gasteiger partial charge >= 0.3 is 0 Å². The van der Waals surface area contributed by atoms with E-state index in [1.54, 1.807) is 0 Å². The van der Waals surface area contributed by atoms with E-state index in [4.69, 9.17) is 4.74 Å². The average Bonchev–Trinajstić information content (AvgIpc) is 2.57. The van der Waals surface area contributed by atoms with Crippen molar-refractivity contribution in [3.63, 3.8) is 0 Å². The Hall–Kier alpha value is -2.48. The van der Waals surface area contributed by atoms with Crippen LogP contribution in [0, 0.1) is 11.7 Å². The summed E-state index contributed by atoms with van der Waals surface area (Å²) in [5, 5.41) is 16.3. The summed E-state index contributed by atoms with van der Waals surface area (Å²) in [6, 6.07) is 3.62. The lowest BCUT2D eigenvalue weighted by Crippen LogP contribution is -2.45. The van der Waals surface area contributed by atoms with Crippen molar-refractivity contribution >= 4 is 17.5 Å². The molecule has 0 spiro atoms. The van der Waals surface area contributed by atoms with Crippen molar-refractivity contribution < 1.29 is 23.8 Å². The van der Waals surface area contributed by atoms with Crippen LogP contribution in [0.2, 0.25) is 0 Å². The first-order chi connectivity index (χ1) is 12.0. The number of rotatable bonds is 5. The number of aliphatic hydroxyl groups is 1. The van der Waals surface area contributed by atoms with Crippen molar-refractivity contribution in [2.24, 2.45) is 11.0 Å². The molecule has 0 bridgehead atoms. The molecular weight excluding hydrogens is 329 g/mol. The van der Waals surface area contributed by atoms with Gasteiger partial charge in [-0.15, -0.1) is 0 Å². The monoisotopic (exact) mass is 349 g/mol. The summed E-state index contributed by atoms with van der Waals surface area (Å²) in [5.74, 6) is -0.655. The normalized spacial score (nSPS) is 23.8. The van der Waals surface area contributed by atoms with Gasteiger partial charge in [0.25, 0.3) is 5.91 Å². The second-order valence-electron chi connectivity index (χ2n) is 6.32. The lowest BCUT2D eigenvalue weighted by atomic mass is 9.74. The molecule has 0 aromatic heterocycles. The third kappa shape index (κ3) is 3.79. The van der Waals surface area contributed by atoms with Crippen LogP contribution in [0.3, 0.4) is 0 Å². The summed E-state index contributed by atoms with van der Waals surface area (Å²) >= 11 is 0. The number of hydrazone groups is 1. The first-order valence-corrected chi connectivity index (χ1v) is 8.15. The fraction of sp³-hybridized carbons (Fsp3) is 0.471. The fourth-order valence-electron chi connectivity index (χ4n) is 3.16. The number of ether oxygens (including phenoxy) is 1. The molecular formula is C17H20FN3O4. The van der Waals surface area contributed by atoms with Gasteiger partial charge in [0, 0.05) is 18.4 Å². The number of carbonyl (C=O) groups excluding carboxylic acids is 2. The molecule has 1 heterocycles. The maximum Gasteiger partial charge on any atom is 0.267 e. The van der Waals surface area contributed by atoms with Crippen molar-refractivity contribution in [1.82, 2.24) is 10.7 Å². The maximum absolute atomic E-state index is 13.8. The van der Waals surface area contributed by atoms with Crippen LogP contribution >= 0.6 is 0 Å². The number of hydrogen-bond donors (Lipinski definition) is 3. The highest BCUT2D eigenvalue weighted by molar-refractivity contribution is 6.39. The SMILES string of the molecule is COc1ccc(F)cc1[C@H](NC(=O)C1=NNC(=O)CC1)C1CC(O)C1. The quantitative estimate of drug-likeness (QED) is 0.739. The van der Waals surface area contributed by atoms with E-state index < -0.39 is 23.9 Å². The molecule has 134 valence electrons. The molecule has 2 aliphatic rings. The van der Waals surface area contributed by atoms with Crippen molar-refractivity contribution in [3.8, 4) is 5.75 Å². The molecule has 1 aliphatic carbocycles. The zero-order valence-electron chi connectivity index (χ0n) is 13.8. The zero-order valence-corrected chi connectivity index (χ0v) is 13.8. The first-order valence-electron chi connectivity index (χ1n) is 8.15. The molecule has 1 atom stereocenters. The Bertz CT molecular complexity index is 716. The van der Waals surface area contributed by atoms with Crippen LogP contribution in [-0.4, -0.2) is 35.8 Å². The smallest absolute Gasteiger partial charge is 0.267 e. The minimum absolute atomic E-state index is 0.0339. The van der Waals surface area contributed by atoms with Crippen molar-refractivity contribution in [2.75, 3.05) is 7.11 Å². The highest BCUT2D eigenvalue weighted by Crippen LogP contribution is 2.41. The number of halogens is 1. The maximum atomic E-state index is 13.8. The van der Waals surface area contributed by atoms with E-state index in [0.717, 1.165) is 0 Å². The highest BCUT2D eigenvalue weighted by Gasteiger charge is 2.37. The van der Waals surface area contributed by atoms with E-state index in [9.17, 15) is 19.1 Å². The van der Waals surface area contributed by atoms with Crippen LogP contribution in [0.1, 0.15) is 37.3 Å². The van der Waals surface area contributed by atoms with Gasteiger partial charge < -0.3 is 15.2 Å². The highest BCUT2D eigenvalue weighted by atomic mass is 19.1. The lowest BCUT2D eigenvalue weighted by molar-refractivity contribution is -0.121. The summed E-state index contributed by atoms with van der Waals surface area (Å²) in [4.78, 5) is 23.7. The minimum atomic E-state index is -0.512. The molecule has 1 saturated carbocycles. The van der Waals surface area contributed by atoms with Crippen molar-refractivity contribution in [2.45, 2.75) is 37.8 Å². The second kappa shape index (κ2) is 7.18. The van der Waals surface area contributed by atoms with Crippen LogP contribution in [0.5, 0.6) is 5.75 Å². The molecule has 8 heteroatoms. The summed E-state index contributed by atoms with van der Waals surface area (Å²) in [5.41, 5.74) is 3.03. The molecule has 1 aliphatic heterocycles. The van der Waals surface area contributed by atoms with Gasteiger partial charge in [-0.3, -0.25) is 9.59 Å². The number of benzene rings is 1. The summed E-state index contributed by atoms with van der Waals surface area (Å²) in [7, 11) is 1.48. The van der Waals surface area contributed by atoms with E-state index in [1.807, 2.05) is 0 Å². The number of nitrogens with zero attached hydrogens (tertiary/aromatic N) is 1. The summed E-state index contributed by atoms with van der Waals surface area (Å²) in [6.45, 7) is 0. The number of methoxy groups -OCH3 is 1. The molecule has 1 aromatic carbocycles. The largest absolute Gasteiger partial charge is 0.496 e. The molecule has 0 saturated heterocycles. The Morgan fingerprint density at radius 3 is 2.80 bits per heavy atom. The third-order valence-electron chi connectivity index (χ3n) is 4.60. The summed E-state index contributed by atoms with van der Waals surface area (Å²) in [6.07, 6.45) is 1.04. The molecule has 3 N–H and O–H groups in total. The lowest BCUT2D eigenvalue weighted by Gasteiger charge is -2.38. The van der Waals surface area contributed by atoms with Gasteiger partial charge in [-0.05, 0) is 37.0 Å². The van der Waals surface area contributed by atoms with E-state index in [0.29, 0.717) is 24.2 Å². The molecule has 0 radical (unpaired) electrons. The fourth-order valence-corrected chi connectivity index (χ4v) is 3.16. The topological polar surface area (TPSA) is 100 Å². The number of aliphatic hydroxyl groups excluding tert-OH is 1. The standard InChI is InChI=1S/C17H20FN3O4/c1-25-14-4-2-10(18)8-12(14)16(9-6-11(22)7-9)19-17(24)13-3-5-15(23)21-20-13/h2,4,8-9,11,16,22H,3,5-7H2,1H3,(H,19,24)(H,21,23)/t9?,11?,16-/m1/s1. The van der Waals surface area contributed by atoms with Gasteiger partial charge in [-0.25, -0.2) is 9.82 Å². The van der Waals surface area contributed by atoms with Gasteiger partial charge in [0.1, 0.15) is 17.3 Å². The molecule has 25 heavy (non-hydrogen) atoms.